The minimum Gasteiger partial charge on any atom is -0.486 e. The summed E-state index contributed by atoms with van der Waals surface area (Å²) in [6.45, 7) is 3.79. The second kappa shape index (κ2) is 9.93. The van der Waals surface area contributed by atoms with Gasteiger partial charge in [-0.3, -0.25) is 14.3 Å². The molecule has 0 saturated heterocycles. The molecule has 7 nitrogen and oxygen atoms in total. The van der Waals surface area contributed by atoms with Crippen LogP contribution >= 0.6 is 11.6 Å². The van der Waals surface area contributed by atoms with Crippen LogP contribution in [0.15, 0.2) is 65.1 Å². The molecule has 4 rings (SSSR count). The van der Waals surface area contributed by atoms with E-state index >= 15 is 0 Å². The number of aryl methyl sites for hydroxylation is 1. The Kier molecular flexibility index (Phi) is 6.79. The van der Waals surface area contributed by atoms with E-state index in [1.165, 1.54) is 19.1 Å². The number of furan rings is 1. The van der Waals surface area contributed by atoms with Crippen LogP contribution in [0.3, 0.4) is 0 Å². The average Bonchev–Trinajstić information content (AvgIpc) is 3.41. The fourth-order valence-corrected chi connectivity index (χ4v) is 3.47. The zero-order chi connectivity index (χ0) is 24.2. The average molecular weight is 482 g/mol. The molecule has 0 radical (unpaired) electrons. The molecule has 2 aromatic carbocycles. The molecule has 0 bridgehead atoms. The van der Waals surface area contributed by atoms with E-state index in [1.54, 1.807) is 53.2 Å². The first-order valence-electron chi connectivity index (χ1n) is 10.4. The fourth-order valence-electron chi connectivity index (χ4n) is 3.24. The second-order valence-electron chi connectivity index (χ2n) is 7.65. The number of halogens is 2. The van der Waals surface area contributed by atoms with Gasteiger partial charge >= 0.3 is 0 Å². The van der Waals surface area contributed by atoms with Gasteiger partial charge in [-0.25, -0.2) is 4.39 Å². The van der Waals surface area contributed by atoms with Crippen LogP contribution in [0.4, 0.5) is 10.2 Å². The zero-order valence-electron chi connectivity index (χ0n) is 18.5. The number of hydrogen-bond acceptors (Lipinski definition) is 5. The largest absolute Gasteiger partial charge is 0.486 e. The van der Waals surface area contributed by atoms with Crippen molar-refractivity contribution in [1.82, 2.24) is 9.78 Å². The summed E-state index contributed by atoms with van der Waals surface area (Å²) < 4.78 is 26.2. The van der Waals surface area contributed by atoms with Crippen LogP contribution in [0.5, 0.6) is 5.75 Å². The predicted molar refractivity (Wildman–Crippen MR) is 125 cm³/mol. The molecule has 0 aliphatic rings. The number of anilines is 1. The predicted octanol–water partition coefficient (Wildman–Crippen LogP) is 5.66. The zero-order valence-corrected chi connectivity index (χ0v) is 19.2. The summed E-state index contributed by atoms with van der Waals surface area (Å²) in [6, 6.07) is 15.9. The van der Waals surface area contributed by atoms with Gasteiger partial charge in [-0.15, -0.1) is 0 Å². The normalized spacial score (nSPS) is 10.8. The van der Waals surface area contributed by atoms with Crippen molar-refractivity contribution in [3.05, 3.63) is 99.8 Å². The third-order valence-electron chi connectivity index (χ3n) is 5.09. The van der Waals surface area contributed by atoms with Gasteiger partial charge < -0.3 is 14.5 Å². The highest BCUT2D eigenvalue weighted by Gasteiger charge is 2.15. The quantitative estimate of drug-likeness (QED) is 0.328. The van der Waals surface area contributed by atoms with Gasteiger partial charge in [-0.1, -0.05) is 17.7 Å². The van der Waals surface area contributed by atoms with Gasteiger partial charge in [0.15, 0.2) is 17.4 Å². The van der Waals surface area contributed by atoms with Gasteiger partial charge in [0.05, 0.1) is 6.54 Å². The Morgan fingerprint density at radius 2 is 1.88 bits per heavy atom. The Morgan fingerprint density at radius 1 is 1.12 bits per heavy atom. The lowest BCUT2D eigenvalue weighted by Crippen LogP contribution is -2.12. The Morgan fingerprint density at radius 3 is 2.59 bits per heavy atom. The Hall–Kier alpha value is -3.91. The van der Waals surface area contributed by atoms with Crippen LogP contribution in [0.1, 0.15) is 44.9 Å². The second-order valence-corrected chi connectivity index (χ2v) is 8.06. The molecule has 1 N–H and O–H groups in total. The molecule has 1 amide bonds. The topological polar surface area (TPSA) is 86.4 Å². The maximum Gasteiger partial charge on any atom is 0.292 e. The monoisotopic (exact) mass is 481 g/mol. The summed E-state index contributed by atoms with van der Waals surface area (Å²) >= 11 is 6.10. The molecule has 0 saturated carbocycles. The van der Waals surface area contributed by atoms with Crippen molar-refractivity contribution in [2.24, 2.45) is 0 Å². The number of ether oxygens (including phenoxy) is 1. The van der Waals surface area contributed by atoms with E-state index in [-0.39, 0.29) is 18.2 Å². The molecule has 0 fully saturated rings. The summed E-state index contributed by atoms with van der Waals surface area (Å²) in [7, 11) is 0. The minimum atomic E-state index is -0.457. The molecule has 0 aliphatic heterocycles. The van der Waals surface area contributed by atoms with E-state index in [9.17, 15) is 14.0 Å². The third-order valence-corrected chi connectivity index (χ3v) is 5.44. The molecule has 34 heavy (non-hydrogen) atoms. The van der Waals surface area contributed by atoms with Crippen LogP contribution in [-0.2, 0) is 13.2 Å². The number of ketones is 1. The molecule has 2 aromatic heterocycles. The number of benzene rings is 2. The van der Waals surface area contributed by atoms with Gasteiger partial charge in [0.2, 0.25) is 0 Å². The van der Waals surface area contributed by atoms with Crippen molar-refractivity contribution < 1.29 is 23.1 Å². The smallest absolute Gasteiger partial charge is 0.292 e. The number of amides is 1. The van der Waals surface area contributed by atoms with E-state index in [1.807, 2.05) is 6.92 Å². The number of Topliss-reactive ketones (excluding diaryl/α,β-unsaturated/α-hetero) is 1. The number of aromatic nitrogens is 2. The molecule has 0 atom stereocenters. The van der Waals surface area contributed by atoms with E-state index in [0.717, 1.165) is 5.69 Å². The van der Waals surface area contributed by atoms with Gasteiger partial charge in [-0.05, 0) is 67.9 Å². The number of nitrogens with one attached hydrogen (secondary N) is 1. The van der Waals surface area contributed by atoms with Crippen LogP contribution in [0.2, 0.25) is 5.02 Å². The van der Waals surface area contributed by atoms with Crippen molar-refractivity contribution in [3.63, 3.8) is 0 Å². The first-order valence-corrected chi connectivity index (χ1v) is 10.8. The molecular weight excluding hydrogens is 461 g/mol. The Balaban J connectivity index is 1.36. The minimum absolute atomic E-state index is 0.0208. The maximum atomic E-state index is 13.3. The molecule has 9 heteroatoms. The molecule has 174 valence electrons. The maximum absolute atomic E-state index is 13.3. The number of hydrogen-bond donors (Lipinski definition) is 1. The summed E-state index contributed by atoms with van der Waals surface area (Å²) in [5, 5.41) is 7.39. The molecule has 4 aromatic rings. The SMILES string of the molecule is CC(=O)c1ccc(OCc2ccc(C(=O)Nc3cc(C)n(Cc4ccc(F)cc4Cl)n3)o2)cc1. The number of carbonyl (C=O) groups excluding carboxylic acids is 2. The third kappa shape index (κ3) is 5.52. The summed E-state index contributed by atoms with van der Waals surface area (Å²) in [5.74, 6) is 0.616. The van der Waals surface area contributed by atoms with Crippen LogP contribution < -0.4 is 10.1 Å². The number of rotatable bonds is 8. The highest BCUT2D eigenvalue weighted by Crippen LogP contribution is 2.21. The Bertz CT molecular complexity index is 1340. The lowest BCUT2D eigenvalue weighted by Gasteiger charge is -2.06. The molecule has 0 aliphatic carbocycles. The highest BCUT2D eigenvalue weighted by atomic mass is 35.5. The fraction of sp³-hybridized carbons (Fsp3) is 0.160. The standard InChI is InChI=1S/C25H21ClFN3O4/c1-15-11-24(29-30(15)13-18-3-6-19(27)12-22(18)26)28-25(32)23-10-9-21(34-23)14-33-20-7-4-17(5-8-20)16(2)31/h3-12H,13-14H2,1-2H3,(H,28,29,32). The molecule has 2 heterocycles. The van der Waals surface area contributed by atoms with Crippen molar-refractivity contribution in [3.8, 4) is 5.75 Å². The molecule has 0 unspecified atom stereocenters. The van der Waals surface area contributed by atoms with Gasteiger partial charge in [-0.2, -0.15) is 5.10 Å². The molecule has 0 spiro atoms. The van der Waals surface area contributed by atoms with Gasteiger partial charge in [0, 0.05) is 22.3 Å². The van der Waals surface area contributed by atoms with Crippen molar-refractivity contribution >= 4 is 29.1 Å². The molecular formula is C25H21ClFN3O4. The van der Waals surface area contributed by atoms with Gasteiger partial charge in [0.1, 0.15) is 23.9 Å². The van der Waals surface area contributed by atoms with E-state index < -0.39 is 11.7 Å². The van der Waals surface area contributed by atoms with E-state index in [0.29, 0.717) is 40.0 Å². The first kappa shape index (κ1) is 23.3. The number of nitrogens with zero attached hydrogens (tertiary/aromatic N) is 2. The summed E-state index contributed by atoms with van der Waals surface area (Å²) in [6.07, 6.45) is 0. The number of carbonyl (C=O) groups is 2. The van der Waals surface area contributed by atoms with Crippen LogP contribution in [0.25, 0.3) is 0 Å². The highest BCUT2D eigenvalue weighted by molar-refractivity contribution is 6.31. The lowest BCUT2D eigenvalue weighted by atomic mass is 10.1. The Labute approximate surface area is 200 Å². The first-order chi connectivity index (χ1) is 16.3. The van der Waals surface area contributed by atoms with Crippen LogP contribution in [0, 0.1) is 12.7 Å². The van der Waals surface area contributed by atoms with Crippen molar-refractivity contribution in [2.75, 3.05) is 5.32 Å². The lowest BCUT2D eigenvalue weighted by molar-refractivity contribution is 0.0990. The van der Waals surface area contributed by atoms with Crippen LogP contribution in [-0.4, -0.2) is 21.5 Å². The van der Waals surface area contributed by atoms with Crippen molar-refractivity contribution in [1.29, 1.82) is 0 Å². The van der Waals surface area contributed by atoms with Crippen molar-refractivity contribution in [2.45, 2.75) is 27.0 Å². The van der Waals surface area contributed by atoms with E-state index in [4.69, 9.17) is 20.8 Å². The summed E-state index contributed by atoms with van der Waals surface area (Å²) in [5.41, 5.74) is 2.10. The van der Waals surface area contributed by atoms with E-state index in [2.05, 4.69) is 10.4 Å². The summed E-state index contributed by atoms with van der Waals surface area (Å²) in [4.78, 5) is 23.9. The van der Waals surface area contributed by atoms with Gasteiger partial charge in [0.25, 0.3) is 5.91 Å².